The Labute approximate surface area is 130 Å². The molecule has 3 rings (SSSR count). The normalized spacial score (nSPS) is 19.0. The first-order valence-corrected chi connectivity index (χ1v) is 7.53. The van der Waals surface area contributed by atoms with Crippen LogP contribution < -0.4 is 0 Å². The highest BCUT2D eigenvalue weighted by atomic mass is 35.5. The second-order valence-corrected chi connectivity index (χ2v) is 6.21. The molecule has 0 spiro atoms. The lowest BCUT2D eigenvalue weighted by molar-refractivity contribution is -0.115. The molecule has 0 N–H and O–H groups in total. The van der Waals surface area contributed by atoms with Gasteiger partial charge >= 0.3 is 0 Å². The van der Waals surface area contributed by atoms with Gasteiger partial charge in [0.1, 0.15) is 15.8 Å². The summed E-state index contributed by atoms with van der Waals surface area (Å²) in [5, 5.41) is -0.378. The van der Waals surface area contributed by atoms with E-state index in [-0.39, 0.29) is 21.6 Å². The minimum atomic E-state index is -0.382. The third-order valence-corrected chi connectivity index (χ3v) is 4.86. The van der Waals surface area contributed by atoms with Crippen LogP contribution in [-0.4, -0.2) is 29.6 Å². The number of carbonyl (C=O) groups excluding carboxylic acids is 2. The number of hydrogen-bond acceptors (Lipinski definition) is 4. The summed E-state index contributed by atoms with van der Waals surface area (Å²) in [5.74, 6) is -0.751. The van der Waals surface area contributed by atoms with E-state index < -0.39 is 0 Å². The summed E-state index contributed by atoms with van der Waals surface area (Å²) in [6.07, 6.45) is 0. The van der Waals surface area contributed by atoms with Crippen LogP contribution in [0.4, 0.5) is 0 Å². The molecule has 3 nitrogen and oxygen atoms in total. The lowest BCUT2D eigenvalue weighted by Gasteiger charge is -2.19. The maximum atomic E-state index is 12.3. The molecule has 1 fully saturated rings. The zero-order valence-corrected chi connectivity index (χ0v) is 12.6. The van der Waals surface area contributed by atoms with Crippen LogP contribution in [0.1, 0.15) is 0 Å². The molecular weight excluding hydrogens is 317 g/mol. The van der Waals surface area contributed by atoms with Crippen LogP contribution in [0, 0.1) is 0 Å². The summed E-state index contributed by atoms with van der Waals surface area (Å²) in [7, 11) is 0. The van der Waals surface area contributed by atoms with E-state index in [4.69, 9.17) is 23.2 Å². The second kappa shape index (κ2) is 5.28. The van der Waals surface area contributed by atoms with E-state index in [1.54, 1.807) is 0 Å². The van der Waals surface area contributed by atoms with Crippen molar-refractivity contribution in [1.29, 1.82) is 0 Å². The summed E-state index contributed by atoms with van der Waals surface area (Å²) < 4.78 is 0. The lowest BCUT2D eigenvalue weighted by atomic mass is 10.1. The molecule has 6 heteroatoms. The number of hydrogen-bond donors (Lipinski definition) is 0. The highest BCUT2D eigenvalue weighted by Crippen LogP contribution is 2.40. The third-order valence-electron chi connectivity index (χ3n) is 2.95. The van der Waals surface area contributed by atoms with E-state index in [1.807, 2.05) is 35.2 Å². The fourth-order valence-corrected chi connectivity index (χ4v) is 3.33. The first-order chi connectivity index (χ1) is 9.59. The van der Waals surface area contributed by atoms with Crippen molar-refractivity contribution in [3.8, 4) is 0 Å². The number of nitrogens with zero attached hydrogens (tertiary/aromatic N) is 1. The van der Waals surface area contributed by atoms with Gasteiger partial charge in [-0.1, -0.05) is 53.2 Å². The molecule has 0 bridgehead atoms. The van der Waals surface area contributed by atoms with Crippen LogP contribution in [0.5, 0.6) is 0 Å². The number of benzene rings is 1. The van der Waals surface area contributed by atoms with Crippen molar-refractivity contribution in [1.82, 2.24) is 4.90 Å². The van der Waals surface area contributed by atoms with E-state index >= 15 is 0 Å². The topological polar surface area (TPSA) is 37.1 Å². The van der Waals surface area contributed by atoms with Crippen molar-refractivity contribution in [2.75, 3.05) is 13.1 Å². The minimum absolute atomic E-state index is 0.184. The predicted octanol–water partition coefficient (Wildman–Crippen LogP) is 3.15. The summed E-state index contributed by atoms with van der Waals surface area (Å²) >= 11 is 13.0. The van der Waals surface area contributed by atoms with E-state index in [0.717, 1.165) is 18.0 Å². The van der Waals surface area contributed by atoms with Gasteiger partial charge in [-0.15, -0.1) is 0 Å². The van der Waals surface area contributed by atoms with Crippen molar-refractivity contribution < 1.29 is 9.59 Å². The zero-order valence-electron chi connectivity index (χ0n) is 10.2. The number of rotatable bonds is 3. The van der Waals surface area contributed by atoms with Crippen molar-refractivity contribution in [3.63, 3.8) is 0 Å². The molecule has 0 aromatic heterocycles. The van der Waals surface area contributed by atoms with E-state index in [1.165, 1.54) is 11.8 Å². The van der Waals surface area contributed by atoms with Gasteiger partial charge in [0.05, 0.1) is 4.91 Å². The Morgan fingerprint density at radius 3 is 2.15 bits per heavy atom. The molecule has 1 aromatic carbocycles. The molecule has 1 heterocycles. The number of ketones is 2. The average molecular weight is 326 g/mol. The number of allylic oxidation sites excluding steroid dienone is 3. The van der Waals surface area contributed by atoms with Gasteiger partial charge in [-0.2, -0.15) is 0 Å². The van der Waals surface area contributed by atoms with Crippen molar-refractivity contribution in [2.24, 2.45) is 0 Å². The van der Waals surface area contributed by atoms with Crippen LogP contribution in [0.3, 0.4) is 0 Å². The van der Waals surface area contributed by atoms with Gasteiger partial charge in [0.15, 0.2) is 0 Å². The van der Waals surface area contributed by atoms with Crippen LogP contribution in [0.15, 0.2) is 55.9 Å². The summed E-state index contributed by atoms with van der Waals surface area (Å²) in [4.78, 5) is 27.6. The smallest absolute Gasteiger partial charge is 0.223 e. The molecule has 0 atom stereocenters. The Hall–Kier alpha value is -1.23. The van der Waals surface area contributed by atoms with Gasteiger partial charge in [-0.3, -0.25) is 9.59 Å². The molecule has 20 heavy (non-hydrogen) atoms. The molecule has 102 valence electrons. The van der Waals surface area contributed by atoms with E-state index in [2.05, 4.69) is 0 Å². The van der Waals surface area contributed by atoms with Crippen LogP contribution in [0.2, 0.25) is 0 Å². The first kappa shape index (κ1) is 13.7. The Morgan fingerprint density at radius 2 is 1.55 bits per heavy atom. The summed E-state index contributed by atoms with van der Waals surface area (Å²) in [6.45, 7) is 1.52. The van der Waals surface area contributed by atoms with E-state index in [0.29, 0.717) is 10.6 Å². The van der Waals surface area contributed by atoms with Gasteiger partial charge in [-0.05, 0) is 12.1 Å². The van der Waals surface area contributed by atoms with Crippen LogP contribution in [-0.2, 0) is 9.59 Å². The number of Topliss-reactive ketones (excluding diaryl/α,β-unsaturated/α-hetero) is 2. The largest absolute Gasteiger partial charge is 0.364 e. The maximum Gasteiger partial charge on any atom is 0.223 e. The molecule has 1 aliphatic heterocycles. The molecule has 0 unspecified atom stereocenters. The Bertz CT molecular complexity index is 663. The standard InChI is InChI=1S/C14H9Cl2NO2S/c15-9-10(16)13(19)14(11(12(9)18)17-6-7-17)20-8-4-2-1-3-5-8/h1-5H,6-7H2. The predicted molar refractivity (Wildman–Crippen MR) is 79.6 cm³/mol. The fraction of sp³-hybridized carbons (Fsp3) is 0.143. The highest BCUT2D eigenvalue weighted by molar-refractivity contribution is 8.04. The second-order valence-electron chi connectivity index (χ2n) is 4.37. The third kappa shape index (κ3) is 2.39. The molecule has 0 radical (unpaired) electrons. The number of halogens is 2. The number of thioether (sulfide) groups is 1. The van der Waals surface area contributed by atoms with Gasteiger partial charge < -0.3 is 4.90 Å². The fourth-order valence-electron chi connectivity index (χ4n) is 1.88. The molecule has 1 aromatic rings. The molecular formula is C14H9Cl2NO2S. The van der Waals surface area contributed by atoms with E-state index in [9.17, 15) is 9.59 Å². The van der Waals surface area contributed by atoms with Gasteiger partial charge in [-0.25, -0.2) is 0 Å². The Morgan fingerprint density at radius 1 is 0.950 bits per heavy atom. The quantitative estimate of drug-likeness (QED) is 0.632. The van der Waals surface area contributed by atoms with Crippen LogP contribution >= 0.6 is 35.0 Å². The maximum absolute atomic E-state index is 12.3. The van der Waals surface area contributed by atoms with Crippen molar-refractivity contribution >= 4 is 46.5 Å². The van der Waals surface area contributed by atoms with Gasteiger partial charge in [0.2, 0.25) is 11.6 Å². The Kier molecular flexibility index (Phi) is 3.63. The van der Waals surface area contributed by atoms with Crippen molar-refractivity contribution in [3.05, 3.63) is 51.0 Å². The van der Waals surface area contributed by atoms with Gasteiger partial charge in [0, 0.05) is 18.0 Å². The number of carbonyl (C=O) groups is 2. The molecule has 1 aliphatic carbocycles. The van der Waals surface area contributed by atoms with Gasteiger partial charge in [0.25, 0.3) is 0 Å². The molecule has 0 saturated carbocycles. The molecule has 0 amide bonds. The highest BCUT2D eigenvalue weighted by Gasteiger charge is 2.39. The molecule has 2 aliphatic rings. The first-order valence-electron chi connectivity index (χ1n) is 5.96. The minimum Gasteiger partial charge on any atom is -0.364 e. The average Bonchev–Trinajstić information content (AvgIpc) is 3.28. The molecule has 1 saturated heterocycles. The monoisotopic (exact) mass is 325 g/mol. The lowest BCUT2D eigenvalue weighted by Crippen LogP contribution is -2.23. The summed E-state index contributed by atoms with van der Waals surface area (Å²) in [6, 6.07) is 9.40. The SMILES string of the molecule is O=C1C(Cl)=C(Cl)C(=O)C(N2CC2)=C1Sc1ccccc1. The van der Waals surface area contributed by atoms with Crippen LogP contribution in [0.25, 0.3) is 0 Å². The Balaban J connectivity index is 2.04. The summed E-state index contributed by atoms with van der Waals surface area (Å²) in [5.41, 5.74) is 0.373. The van der Waals surface area contributed by atoms with Crippen molar-refractivity contribution in [2.45, 2.75) is 4.90 Å². The zero-order chi connectivity index (χ0) is 14.3.